The SMILES string of the molecule is COCCNCc1ccc(N(C)CCCCCO)cc1C. The molecule has 0 radical (unpaired) electrons. The zero-order valence-electron chi connectivity index (χ0n) is 13.7. The summed E-state index contributed by atoms with van der Waals surface area (Å²) in [6, 6.07) is 6.64. The predicted octanol–water partition coefficient (Wildman–Crippen LogP) is 2.33. The molecule has 1 rings (SSSR count). The Balaban J connectivity index is 2.44. The molecule has 0 unspecified atom stereocenters. The first-order chi connectivity index (χ1) is 10.2. The van der Waals surface area contributed by atoms with E-state index in [-0.39, 0.29) is 0 Å². The van der Waals surface area contributed by atoms with Gasteiger partial charge in [-0.25, -0.2) is 0 Å². The van der Waals surface area contributed by atoms with Gasteiger partial charge in [-0.1, -0.05) is 6.07 Å². The predicted molar refractivity (Wildman–Crippen MR) is 89.0 cm³/mol. The zero-order valence-corrected chi connectivity index (χ0v) is 13.7. The van der Waals surface area contributed by atoms with Gasteiger partial charge in [0.1, 0.15) is 0 Å². The number of methoxy groups -OCH3 is 1. The van der Waals surface area contributed by atoms with Gasteiger partial charge in [0.15, 0.2) is 0 Å². The van der Waals surface area contributed by atoms with E-state index in [1.807, 2.05) is 0 Å². The summed E-state index contributed by atoms with van der Waals surface area (Å²) in [5.74, 6) is 0. The average Bonchev–Trinajstić information content (AvgIpc) is 2.49. The van der Waals surface area contributed by atoms with Gasteiger partial charge in [0, 0.05) is 46.1 Å². The molecule has 0 saturated heterocycles. The fourth-order valence-electron chi connectivity index (χ4n) is 2.28. The summed E-state index contributed by atoms with van der Waals surface area (Å²) >= 11 is 0. The fourth-order valence-corrected chi connectivity index (χ4v) is 2.28. The minimum Gasteiger partial charge on any atom is -0.396 e. The van der Waals surface area contributed by atoms with E-state index >= 15 is 0 Å². The van der Waals surface area contributed by atoms with Crippen LogP contribution in [-0.2, 0) is 11.3 Å². The fraction of sp³-hybridized carbons (Fsp3) is 0.647. The van der Waals surface area contributed by atoms with Crippen molar-refractivity contribution in [2.75, 3.05) is 45.4 Å². The van der Waals surface area contributed by atoms with E-state index in [1.54, 1.807) is 7.11 Å². The standard InChI is InChI=1S/C17H30N2O2/c1-15-13-17(19(2)10-5-4-6-11-20)8-7-16(15)14-18-9-12-21-3/h7-8,13,18,20H,4-6,9-12,14H2,1-3H3. The number of aliphatic hydroxyl groups is 1. The quantitative estimate of drug-likeness (QED) is 0.615. The van der Waals surface area contributed by atoms with Crippen LogP contribution in [0.5, 0.6) is 0 Å². The number of hydrogen-bond acceptors (Lipinski definition) is 4. The van der Waals surface area contributed by atoms with Crippen molar-refractivity contribution in [3.05, 3.63) is 29.3 Å². The topological polar surface area (TPSA) is 44.7 Å². The van der Waals surface area contributed by atoms with Gasteiger partial charge in [0.25, 0.3) is 0 Å². The number of ether oxygens (including phenoxy) is 1. The molecule has 4 nitrogen and oxygen atoms in total. The Morgan fingerprint density at radius 3 is 2.71 bits per heavy atom. The summed E-state index contributed by atoms with van der Waals surface area (Å²) in [6.07, 6.45) is 3.11. The molecule has 21 heavy (non-hydrogen) atoms. The van der Waals surface area contributed by atoms with E-state index in [0.717, 1.165) is 45.5 Å². The Morgan fingerprint density at radius 2 is 2.05 bits per heavy atom. The van der Waals surface area contributed by atoms with Gasteiger partial charge in [-0.05, 0) is 49.4 Å². The Kier molecular flexibility index (Phi) is 9.06. The van der Waals surface area contributed by atoms with Gasteiger partial charge in [-0.15, -0.1) is 0 Å². The molecule has 4 heteroatoms. The first-order valence-electron chi connectivity index (χ1n) is 7.80. The first-order valence-corrected chi connectivity index (χ1v) is 7.80. The maximum atomic E-state index is 8.79. The highest BCUT2D eigenvalue weighted by Gasteiger charge is 2.04. The van der Waals surface area contributed by atoms with Crippen LogP contribution < -0.4 is 10.2 Å². The molecule has 0 atom stereocenters. The summed E-state index contributed by atoms with van der Waals surface area (Å²) in [7, 11) is 3.85. The largest absolute Gasteiger partial charge is 0.396 e. The number of benzene rings is 1. The molecule has 0 bridgehead atoms. The van der Waals surface area contributed by atoms with Crippen molar-refractivity contribution in [3.8, 4) is 0 Å². The van der Waals surface area contributed by atoms with E-state index in [9.17, 15) is 0 Å². The van der Waals surface area contributed by atoms with E-state index in [4.69, 9.17) is 9.84 Å². The van der Waals surface area contributed by atoms with Crippen LogP contribution >= 0.6 is 0 Å². The van der Waals surface area contributed by atoms with Crippen LogP contribution in [0.25, 0.3) is 0 Å². The van der Waals surface area contributed by atoms with Crippen molar-refractivity contribution >= 4 is 5.69 Å². The summed E-state index contributed by atoms with van der Waals surface area (Å²) in [6.45, 7) is 6.00. The molecule has 1 aromatic rings. The van der Waals surface area contributed by atoms with E-state index in [1.165, 1.54) is 16.8 Å². The highest BCUT2D eigenvalue weighted by atomic mass is 16.5. The molecule has 120 valence electrons. The van der Waals surface area contributed by atoms with Crippen LogP contribution in [0.15, 0.2) is 18.2 Å². The maximum absolute atomic E-state index is 8.79. The normalized spacial score (nSPS) is 10.9. The second kappa shape index (κ2) is 10.6. The number of anilines is 1. The number of aryl methyl sites for hydroxylation is 1. The number of nitrogens with one attached hydrogen (secondary N) is 1. The lowest BCUT2D eigenvalue weighted by Crippen LogP contribution is -2.20. The Bertz CT molecular complexity index is 396. The molecule has 0 spiro atoms. The molecule has 2 N–H and O–H groups in total. The van der Waals surface area contributed by atoms with Crippen LogP contribution in [0.3, 0.4) is 0 Å². The van der Waals surface area contributed by atoms with Crippen molar-refractivity contribution in [2.24, 2.45) is 0 Å². The smallest absolute Gasteiger partial charge is 0.0587 e. The molecule has 0 aliphatic carbocycles. The van der Waals surface area contributed by atoms with Crippen molar-refractivity contribution in [1.29, 1.82) is 0 Å². The van der Waals surface area contributed by atoms with E-state index < -0.39 is 0 Å². The third-order valence-electron chi connectivity index (χ3n) is 3.72. The van der Waals surface area contributed by atoms with E-state index in [0.29, 0.717) is 6.61 Å². The number of unbranched alkanes of at least 4 members (excludes halogenated alkanes) is 2. The van der Waals surface area contributed by atoms with Gasteiger partial charge in [0.05, 0.1) is 6.61 Å². The van der Waals surface area contributed by atoms with Crippen molar-refractivity contribution < 1.29 is 9.84 Å². The lowest BCUT2D eigenvalue weighted by atomic mass is 10.1. The highest BCUT2D eigenvalue weighted by molar-refractivity contribution is 5.50. The number of hydrogen-bond donors (Lipinski definition) is 2. The van der Waals surface area contributed by atoms with Crippen LogP contribution in [-0.4, -0.2) is 45.6 Å². The van der Waals surface area contributed by atoms with Crippen molar-refractivity contribution in [2.45, 2.75) is 32.7 Å². The third kappa shape index (κ3) is 6.93. The second-order valence-electron chi connectivity index (χ2n) is 5.49. The van der Waals surface area contributed by atoms with Gasteiger partial charge in [-0.3, -0.25) is 0 Å². The van der Waals surface area contributed by atoms with Gasteiger partial charge < -0.3 is 20.1 Å². The Labute approximate surface area is 129 Å². The molecule has 0 aromatic heterocycles. The monoisotopic (exact) mass is 294 g/mol. The average molecular weight is 294 g/mol. The molecule has 0 amide bonds. The van der Waals surface area contributed by atoms with Crippen LogP contribution in [0.2, 0.25) is 0 Å². The lowest BCUT2D eigenvalue weighted by molar-refractivity contribution is 0.199. The third-order valence-corrected chi connectivity index (χ3v) is 3.72. The Morgan fingerprint density at radius 1 is 1.24 bits per heavy atom. The molecular weight excluding hydrogens is 264 g/mol. The second-order valence-corrected chi connectivity index (χ2v) is 5.49. The van der Waals surface area contributed by atoms with E-state index in [2.05, 4.69) is 42.4 Å². The number of nitrogens with zero attached hydrogens (tertiary/aromatic N) is 1. The molecule has 0 aliphatic heterocycles. The lowest BCUT2D eigenvalue weighted by Gasteiger charge is -2.20. The zero-order chi connectivity index (χ0) is 15.5. The van der Waals surface area contributed by atoms with Gasteiger partial charge in [-0.2, -0.15) is 0 Å². The van der Waals surface area contributed by atoms with Crippen molar-refractivity contribution in [3.63, 3.8) is 0 Å². The molecule has 0 fully saturated rings. The van der Waals surface area contributed by atoms with Crippen LogP contribution in [0.1, 0.15) is 30.4 Å². The molecular formula is C17H30N2O2. The molecule has 1 aromatic carbocycles. The van der Waals surface area contributed by atoms with Crippen molar-refractivity contribution in [1.82, 2.24) is 5.32 Å². The van der Waals surface area contributed by atoms with Gasteiger partial charge >= 0.3 is 0 Å². The van der Waals surface area contributed by atoms with Crippen LogP contribution in [0.4, 0.5) is 5.69 Å². The number of rotatable bonds is 11. The molecule has 0 heterocycles. The summed E-state index contributed by atoms with van der Waals surface area (Å²) in [5, 5.41) is 12.2. The first kappa shape index (κ1) is 18.0. The minimum atomic E-state index is 0.299. The Hall–Kier alpha value is -1.10. The summed E-state index contributed by atoms with van der Waals surface area (Å²) in [5.41, 5.74) is 3.92. The van der Waals surface area contributed by atoms with Crippen LogP contribution in [0, 0.1) is 6.92 Å². The highest BCUT2D eigenvalue weighted by Crippen LogP contribution is 2.18. The molecule has 0 saturated carbocycles. The summed E-state index contributed by atoms with van der Waals surface area (Å²) in [4.78, 5) is 2.28. The summed E-state index contributed by atoms with van der Waals surface area (Å²) < 4.78 is 5.03. The molecule has 0 aliphatic rings. The van der Waals surface area contributed by atoms with Gasteiger partial charge in [0.2, 0.25) is 0 Å². The minimum absolute atomic E-state index is 0.299. The number of aliphatic hydroxyl groups excluding tert-OH is 1. The maximum Gasteiger partial charge on any atom is 0.0587 e.